The van der Waals surface area contributed by atoms with Crippen molar-refractivity contribution in [1.29, 1.82) is 0 Å². The van der Waals surface area contributed by atoms with Gasteiger partial charge in [0.05, 0.1) is 23.8 Å². The lowest BCUT2D eigenvalue weighted by molar-refractivity contribution is 0.0272. The van der Waals surface area contributed by atoms with Gasteiger partial charge in [-0.3, -0.25) is 0 Å². The Morgan fingerprint density at radius 1 is 1.29 bits per heavy atom. The molecule has 2 rings (SSSR count). The minimum atomic E-state index is -4.03. The van der Waals surface area contributed by atoms with Crippen LogP contribution in [0.3, 0.4) is 0 Å². The summed E-state index contributed by atoms with van der Waals surface area (Å²) >= 11 is 11.6. The number of nitrogens with zero attached hydrogens (tertiary/aromatic N) is 1. The van der Waals surface area contributed by atoms with E-state index in [1.54, 1.807) is 0 Å². The topological polar surface area (TPSA) is 95.9 Å². The lowest BCUT2D eigenvalue weighted by Crippen LogP contribution is -2.48. The summed E-state index contributed by atoms with van der Waals surface area (Å²) < 4.78 is 29.7. The Morgan fingerprint density at radius 3 is 2.48 bits per heavy atom. The molecule has 1 heterocycles. The first kappa shape index (κ1) is 16.5. The van der Waals surface area contributed by atoms with E-state index in [4.69, 9.17) is 33.0 Å². The number of hydrogen-bond donors (Lipinski definition) is 2. The van der Waals surface area contributed by atoms with E-state index in [0.717, 1.165) is 12.1 Å². The average molecular weight is 355 g/mol. The van der Waals surface area contributed by atoms with Crippen LogP contribution in [0.4, 0.5) is 0 Å². The van der Waals surface area contributed by atoms with Gasteiger partial charge in [0.2, 0.25) is 0 Å². The van der Waals surface area contributed by atoms with Crippen LogP contribution in [0.1, 0.15) is 10.4 Å². The van der Waals surface area contributed by atoms with Crippen LogP contribution in [0.5, 0.6) is 0 Å². The molecule has 21 heavy (non-hydrogen) atoms. The largest absolute Gasteiger partial charge is 0.478 e. The monoisotopic (exact) mass is 354 g/mol. The second kappa shape index (κ2) is 6.47. The molecule has 0 spiro atoms. The molecule has 1 saturated heterocycles. The standard InChI is InChI=1S/C11H12Cl2N2O5S/c12-7-5-8(11(16)17)10(13)9(6-7)21(18,19)14-15-1-3-20-4-2-15/h5-6,14H,1-4H2,(H,16,17). The zero-order valence-corrected chi connectivity index (χ0v) is 13.0. The van der Waals surface area contributed by atoms with Crippen LogP contribution in [-0.4, -0.2) is 50.8 Å². The zero-order chi connectivity index (χ0) is 15.6. The molecule has 0 atom stereocenters. The number of hydrogen-bond acceptors (Lipinski definition) is 5. The van der Waals surface area contributed by atoms with E-state index in [2.05, 4.69) is 4.83 Å². The number of hydrazine groups is 1. The second-order valence-electron chi connectivity index (χ2n) is 4.26. The highest BCUT2D eigenvalue weighted by Crippen LogP contribution is 2.29. The van der Waals surface area contributed by atoms with Crippen molar-refractivity contribution >= 4 is 39.2 Å². The third-order valence-corrected chi connectivity index (χ3v) is 4.92. The molecule has 0 aliphatic carbocycles. The molecule has 7 nitrogen and oxygen atoms in total. The van der Waals surface area contributed by atoms with E-state index in [1.807, 2.05) is 0 Å². The molecule has 10 heteroatoms. The summed E-state index contributed by atoms with van der Waals surface area (Å²) in [6.07, 6.45) is 0. The number of ether oxygens (including phenoxy) is 1. The van der Waals surface area contributed by atoms with Crippen molar-refractivity contribution < 1.29 is 23.1 Å². The molecule has 1 aromatic carbocycles. The van der Waals surface area contributed by atoms with Gasteiger partial charge >= 0.3 is 5.97 Å². The highest BCUT2D eigenvalue weighted by Gasteiger charge is 2.26. The fraction of sp³-hybridized carbons (Fsp3) is 0.364. The van der Waals surface area contributed by atoms with Crippen LogP contribution in [-0.2, 0) is 14.8 Å². The molecule has 1 fully saturated rings. The minimum Gasteiger partial charge on any atom is -0.478 e. The van der Waals surface area contributed by atoms with Crippen molar-refractivity contribution in [3.8, 4) is 0 Å². The van der Waals surface area contributed by atoms with Crippen molar-refractivity contribution in [3.05, 3.63) is 27.7 Å². The molecule has 0 radical (unpaired) electrons. The number of rotatable bonds is 4. The Labute approximate surface area is 131 Å². The highest BCUT2D eigenvalue weighted by atomic mass is 35.5. The predicted octanol–water partition coefficient (Wildman–Crippen LogP) is 1.22. The first-order chi connectivity index (χ1) is 9.81. The van der Waals surface area contributed by atoms with Crippen molar-refractivity contribution in [2.24, 2.45) is 0 Å². The quantitative estimate of drug-likeness (QED) is 0.843. The van der Waals surface area contributed by atoms with Gasteiger partial charge in [0.25, 0.3) is 10.0 Å². The summed E-state index contributed by atoms with van der Waals surface area (Å²) in [4.78, 5) is 13.0. The molecule has 0 unspecified atom stereocenters. The molecule has 0 aromatic heterocycles. The van der Waals surface area contributed by atoms with Crippen LogP contribution >= 0.6 is 23.2 Å². The summed E-state index contributed by atoms with van der Waals surface area (Å²) in [5, 5.41) is 10.1. The Hall–Kier alpha value is -0.900. The normalized spacial score (nSPS) is 16.9. The second-order valence-corrected chi connectivity index (χ2v) is 6.71. The van der Waals surface area contributed by atoms with Crippen LogP contribution in [0, 0.1) is 0 Å². The van der Waals surface area contributed by atoms with Gasteiger partial charge in [-0.15, -0.1) is 4.83 Å². The highest BCUT2D eigenvalue weighted by molar-refractivity contribution is 7.89. The number of morpholine rings is 1. The summed E-state index contributed by atoms with van der Waals surface area (Å²) in [5.74, 6) is -1.36. The Kier molecular flexibility index (Phi) is 5.07. The fourth-order valence-corrected chi connectivity index (χ4v) is 3.82. The van der Waals surface area contributed by atoms with E-state index in [9.17, 15) is 13.2 Å². The Morgan fingerprint density at radius 2 is 1.90 bits per heavy atom. The van der Waals surface area contributed by atoms with Crippen molar-refractivity contribution in [2.45, 2.75) is 4.90 Å². The molecule has 0 saturated carbocycles. The van der Waals surface area contributed by atoms with Crippen LogP contribution < -0.4 is 4.83 Å². The summed E-state index contributed by atoms with van der Waals surface area (Å²) in [5.41, 5.74) is -0.369. The van der Waals surface area contributed by atoms with Crippen LogP contribution in [0.2, 0.25) is 10.0 Å². The molecule has 116 valence electrons. The Bertz CT molecular complexity index is 659. The number of carboxylic acid groups (broad SMARTS) is 1. The number of aromatic carboxylic acids is 1. The maximum atomic E-state index is 12.3. The number of halogens is 2. The predicted molar refractivity (Wildman–Crippen MR) is 76.1 cm³/mol. The molecule has 1 aliphatic heterocycles. The molecule has 2 N–H and O–H groups in total. The smallest absolute Gasteiger partial charge is 0.337 e. The number of carbonyl (C=O) groups is 1. The molecule has 1 aliphatic rings. The van der Waals surface area contributed by atoms with Gasteiger partial charge in [-0.25, -0.2) is 18.2 Å². The number of carboxylic acids is 1. The van der Waals surface area contributed by atoms with Gasteiger partial charge < -0.3 is 9.84 Å². The third-order valence-electron chi connectivity index (χ3n) is 2.78. The maximum absolute atomic E-state index is 12.3. The van der Waals surface area contributed by atoms with Gasteiger partial charge in [-0.05, 0) is 12.1 Å². The summed E-state index contributed by atoms with van der Waals surface area (Å²) in [6, 6.07) is 2.21. The van der Waals surface area contributed by atoms with Crippen molar-refractivity contribution in [3.63, 3.8) is 0 Å². The maximum Gasteiger partial charge on any atom is 0.337 e. The first-order valence-corrected chi connectivity index (χ1v) is 8.12. The van der Waals surface area contributed by atoms with Gasteiger partial charge in [-0.2, -0.15) is 0 Å². The van der Waals surface area contributed by atoms with E-state index >= 15 is 0 Å². The summed E-state index contributed by atoms with van der Waals surface area (Å²) in [7, 11) is -4.03. The molecular formula is C11H12Cl2N2O5S. The lowest BCUT2D eigenvalue weighted by Gasteiger charge is -2.27. The number of sulfonamides is 1. The SMILES string of the molecule is O=C(O)c1cc(Cl)cc(S(=O)(=O)NN2CCOCC2)c1Cl. The zero-order valence-electron chi connectivity index (χ0n) is 10.7. The van der Waals surface area contributed by atoms with E-state index < -0.39 is 16.0 Å². The molecule has 1 aromatic rings. The van der Waals surface area contributed by atoms with Gasteiger partial charge in [0, 0.05) is 18.1 Å². The first-order valence-electron chi connectivity index (χ1n) is 5.89. The fourth-order valence-electron chi connectivity index (χ4n) is 1.79. The Balaban J connectivity index is 2.37. The molecular weight excluding hydrogens is 343 g/mol. The van der Waals surface area contributed by atoms with Crippen molar-refractivity contribution in [2.75, 3.05) is 26.3 Å². The molecule has 0 bridgehead atoms. The number of benzene rings is 1. The van der Waals surface area contributed by atoms with E-state index in [-0.39, 0.29) is 20.5 Å². The number of nitrogens with one attached hydrogen (secondary N) is 1. The third kappa shape index (κ3) is 3.85. The molecule has 0 amide bonds. The van der Waals surface area contributed by atoms with Gasteiger partial charge in [0.1, 0.15) is 4.90 Å². The van der Waals surface area contributed by atoms with Crippen LogP contribution in [0.25, 0.3) is 0 Å². The van der Waals surface area contributed by atoms with Gasteiger partial charge in [0.15, 0.2) is 0 Å². The average Bonchev–Trinajstić information content (AvgIpc) is 2.41. The van der Waals surface area contributed by atoms with E-state index in [1.165, 1.54) is 5.01 Å². The minimum absolute atomic E-state index is 0.0286. The van der Waals surface area contributed by atoms with Crippen molar-refractivity contribution in [1.82, 2.24) is 9.84 Å². The summed E-state index contributed by atoms with van der Waals surface area (Å²) in [6.45, 7) is 1.55. The van der Waals surface area contributed by atoms with Gasteiger partial charge in [-0.1, -0.05) is 23.2 Å². The van der Waals surface area contributed by atoms with Crippen LogP contribution in [0.15, 0.2) is 17.0 Å². The van der Waals surface area contributed by atoms with E-state index in [0.29, 0.717) is 26.3 Å². The lowest BCUT2D eigenvalue weighted by atomic mass is 10.2.